The van der Waals surface area contributed by atoms with Crippen LogP contribution in [0.3, 0.4) is 0 Å². The first kappa shape index (κ1) is 13.6. The zero-order valence-electron chi connectivity index (χ0n) is 10.3. The number of thioether (sulfide) groups is 1. The molecule has 1 aromatic carbocycles. The maximum Gasteiger partial charge on any atom is 0.253 e. The summed E-state index contributed by atoms with van der Waals surface area (Å²) in [5.74, 6) is -0.0413. The average Bonchev–Trinajstić information content (AvgIpc) is 2.37. The van der Waals surface area contributed by atoms with Gasteiger partial charge in [0.05, 0.1) is 12.5 Å². The van der Waals surface area contributed by atoms with E-state index in [0.29, 0.717) is 12.0 Å². The molecule has 1 rings (SSSR count). The van der Waals surface area contributed by atoms with Crippen LogP contribution in [-0.2, 0) is 0 Å². The van der Waals surface area contributed by atoms with E-state index in [1.54, 1.807) is 23.7 Å². The van der Waals surface area contributed by atoms with Crippen LogP contribution in [0.5, 0.6) is 0 Å². The first-order valence-electron chi connectivity index (χ1n) is 5.38. The second-order valence-corrected chi connectivity index (χ2v) is 4.74. The summed E-state index contributed by atoms with van der Waals surface area (Å²) >= 11 is 1.64. The standard InChI is InChI=1S/C13H16N2OS/c1-10(8-9-14)15(2)13(16)11-4-6-12(17-3)7-5-11/h4-7,10H,8H2,1-3H3. The second-order valence-electron chi connectivity index (χ2n) is 3.86. The van der Waals surface area contributed by atoms with Gasteiger partial charge in [-0.25, -0.2) is 0 Å². The summed E-state index contributed by atoms with van der Waals surface area (Å²) in [6.07, 6.45) is 2.35. The molecule has 0 saturated carbocycles. The van der Waals surface area contributed by atoms with Gasteiger partial charge >= 0.3 is 0 Å². The third-order valence-electron chi connectivity index (χ3n) is 2.71. The van der Waals surface area contributed by atoms with Gasteiger partial charge in [-0.05, 0) is 37.4 Å². The minimum absolute atomic E-state index is 0.0413. The monoisotopic (exact) mass is 248 g/mol. The van der Waals surface area contributed by atoms with Crippen molar-refractivity contribution >= 4 is 17.7 Å². The lowest BCUT2D eigenvalue weighted by molar-refractivity contribution is 0.0746. The molecule has 0 bridgehead atoms. The van der Waals surface area contributed by atoms with Gasteiger partial charge in [-0.2, -0.15) is 5.26 Å². The van der Waals surface area contributed by atoms with Crippen LogP contribution >= 0.6 is 11.8 Å². The average molecular weight is 248 g/mol. The van der Waals surface area contributed by atoms with Crippen molar-refractivity contribution < 1.29 is 4.79 Å². The van der Waals surface area contributed by atoms with Crippen molar-refractivity contribution in [3.8, 4) is 6.07 Å². The molecule has 4 heteroatoms. The van der Waals surface area contributed by atoms with Crippen molar-refractivity contribution in [3.05, 3.63) is 29.8 Å². The minimum atomic E-state index is -0.0623. The van der Waals surface area contributed by atoms with Crippen LogP contribution in [0.25, 0.3) is 0 Å². The maximum atomic E-state index is 12.1. The second kappa shape index (κ2) is 6.31. The van der Waals surface area contributed by atoms with Crippen molar-refractivity contribution in [1.82, 2.24) is 4.90 Å². The van der Waals surface area contributed by atoms with Gasteiger partial charge in [-0.1, -0.05) is 0 Å². The van der Waals surface area contributed by atoms with Crippen LogP contribution in [0.15, 0.2) is 29.2 Å². The lowest BCUT2D eigenvalue weighted by atomic mass is 10.1. The summed E-state index contributed by atoms with van der Waals surface area (Å²) in [5, 5.41) is 8.62. The summed E-state index contributed by atoms with van der Waals surface area (Å²) in [6, 6.07) is 9.52. The quantitative estimate of drug-likeness (QED) is 0.770. The van der Waals surface area contributed by atoms with Crippen LogP contribution < -0.4 is 0 Å². The molecule has 0 saturated heterocycles. The van der Waals surface area contributed by atoms with E-state index in [9.17, 15) is 4.79 Å². The number of nitrogens with zero attached hydrogens (tertiary/aromatic N) is 2. The molecule has 0 aliphatic rings. The number of rotatable bonds is 4. The Morgan fingerprint density at radius 3 is 2.53 bits per heavy atom. The van der Waals surface area contributed by atoms with Gasteiger partial charge in [0, 0.05) is 23.5 Å². The largest absolute Gasteiger partial charge is 0.338 e. The predicted octanol–water partition coefficient (Wildman–Crippen LogP) is 2.78. The Morgan fingerprint density at radius 1 is 1.47 bits per heavy atom. The van der Waals surface area contributed by atoms with Gasteiger partial charge in [-0.3, -0.25) is 4.79 Å². The molecule has 3 nitrogen and oxygen atoms in total. The third kappa shape index (κ3) is 3.50. The Labute approximate surface area is 106 Å². The van der Waals surface area contributed by atoms with Crippen LogP contribution in [-0.4, -0.2) is 30.2 Å². The fourth-order valence-corrected chi connectivity index (χ4v) is 1.81. The highest BCUT2D eigenvalue weighted by Crippen LogP contribution is 2.16. The molecule has 1 atom stereocenters. The number of amides is 1. The van der Waals surface area contributed by atoms with E-state index in [1.807, 2.05) is 37.4 Å². The lowest BCUT2D eigenvalue weighted by Crippen LogP contribution is -2.34. The van der Waals surface area contributed by atoms with Gasteiger partial charge in [0.25, 0.3) is 5.91 Å². The Kier molecular flexibility index (Phi) is 5.05. The highest BCUT2D eigenvalue weighted by atomic mass is 32.2. The number of benzene rings is 1. The number of nitriles is 1. The summed E-state index contributed by atoms with van der Waals surface area (Å²) in [4.78, 5) is 14.8. The lowest BCUT2D eigenvalue weighted by Gasteiger charge is -2.23. The van der Waals surface area contributed by atoms with E-state index < -0.39 is 0 Å². The summed E-state index contributed by atoms with van der Waals surface area (Å²) in [5.41, 5.74) is 0.662. The fourth-order valence-electron chi connectivity index (χ4n) is 1.41. The van der Waals surface area contributed by atoms with E-state index in [4.69, 9.17) is 5.26 Å². The molecular weight excluding hydrogens is 232 g/mol. The smallest absolute Gasteiger partial charge is 0.253 e. The molecule has 0 N–H and O–H groups in total. The maximum absolute atomic E-state index is 12.1. The number of hydrogen-bond acceptors (Lipinski definition) is 3. The highest BCUT2D eigenvalue weighted by molar-refractivity contribution is 7.98. The van der Waals surface area contributed by atoms with Gasteiger partial charge in [-0.15, -0.1) is 11.8 Å². The van der Waals surface area contributed by atoms with Crippen LogP contribution in [0.1, 0.15) is 23.7 Å². The number of carbonyl (C=O) groups excluding carboxylic acids is 1. The zero-order valence-corrected chi connectivity index (χ0v) is 11.1. The Morgan fingerprint density at radius 2 is 2.06 bits per heavy atom. The predicted molar refractivity (Wildman–Crippen MR) is 70.0 cm³/mol. The molecule has 90 valence electrons. The molecule has 0 aliphatic carbocycles. The first-order valence-corrected chi connectivity index (χ1v) is 6.60. The van der Waals surface area contributed by atoms with Crippen molar-refractivity contribution in [2.45, 2.75) is 24.3 Å². The summed E-state index contributed by atoms with van der Waals surface area (Å²) in [7, 11) is 1.73. The molecule has 17 heavy (non-hydrogen) atoms. The molecule has 0 radical (unpaired) electrons. The number of hydrogen-bond donors (Lipinski definition) is 0. The molecule has 1 aromatic rings. The Hall–Kier alpha value is -1.47. The van der Waals surface area contributed by atoms with E-state index in [0.717, 1.165) is 4.90 Å². The van der Waals surface area contributed by atoms with Gasteiger partial charge in [0.1, 0.15) is 0 Å². The molecule has 1 amide bonds. The van der Waals surface area contributed by atoms with E-state index in [1.165, 1.54) is 0 Å². The van der Waals surface area contributed by atoms with Crippen molar-refractivity contribution in [3.63, 3.8) is 0 Å². The molecule has 0 aliphatic heterocycles. The molecular formula is C13H16N2OS. The van der Waals surface area contributed by atoms with Crippen molar-refractivity contribution in [1.29, 1.82) is 5.26 Å². The Balaban J connectivity index is 2.78. The molecule has 0 heterocycles. The van der Waals surface area contributed by atoms with Crippen LogP contribution in [0, 0.1) is 11.3 Å². The topological polar surface area (TPSA) is 44.1 Å². The summed E-state index contributed by atoms with van der Waals surface area (Å²) in [6.45, 7) is 1.87. The van der Waals surface area contributed by atoms with E-state index in [2.05, 4.69) is 6.07 Å². The molecule has 0 fully saturated rings. The van der Waals surface area contributed by atoms with E-state index in [-0.39, 0.29) is 11.9 Å². The van der Waals surface area contributed by atoms with E-state index >= 15 is 0 Å². The molecule has 0 aromatic heterocycles. The third-order valence-corrected chi connectivity index (χ3v) is 3.45. The SMILES string of the molecule is CSc1ccc(C(=O)N(C)C(C)CC#N)cc1. The van der Waals surface area contributed by atoms with Gasteiger partial charge < -0.3 is 4.90 Å². The summed E-state index contributed by atoms with van der Waals surface area (Å²) < 4.78 is 0. The zero-order chi connectivity index (χ0) is 12.8. The molecule has 0 spiro atoms. The van der Waals surface area contributed by atoms with Gasteiger partial charge in [0.2, 0.25) is 0 Å². The Bertz CT molecular complexity index is 422. The number of carbonyl (C=O) groups is 1. The molecule has 1 unspecified atom stereocenters. The van der Waals surface area contributed by atoms with Crippen molar-refractivity contribution in [2.24, 2.45) is 0 Å². The van der Waals surface area contributed by atoms with Crippen LogP contribution in [0.4, 0.5) is 0 Å². The fraction of sp³-hybridized carbons (Fsp3) is 0.385. The van der Waals surface area contributed by atoms with Crippen LogP contribution in [0.2, 0.25) is 0 Å². The normalized spacial score (nSPS) is 11.6. The van der Waals surface area contributed by atoms with Crippen molar-refractivity contribution in [2.75, 3.05) is 13.3 Å². The highest BCUT2D eigenvalue weighted by Gasteiger charge is 2.16. The first-order chi connectivity index (χ1) is 8.10. The van der Waals surface area contributed by atoms with Gasteiger partial charge in [0.15, 0.2) is 0 Å². The minimum Gasteiger partial charge on any atom is -0.338 e.